The molecule has 1 atom stereocenters. The van der Waals surface area contributed by atoms with Crippen LogP contribution in [0.25, 0.3) is 0 Å². The van der Waals surface area contributed by atoms with Crippen LogP contribution in [0.5, 0.6) is 0 Å². The average Bonchev–Trinajstić information content (AvgIpc) is 3.23. The summed E-state index contributed by atoms with van der Waals surface area (Å²) < 4.78 is 16.7. The predicted octanol–water partition coefficient (Wildman–Crippen LogP) is 16.1. The molecule has 0 aliphatic carbocycles. The third kappa shape index (κ3) is 46.0. The molecule has 1 unspecified atom stereocenters. The molecule has 0 saturated heterocycles. The lowest BCUT2D eigenvalue weighted by molar-refractivity contribution is -0.167. The first-order chi connectivity index (χ1) is 29.0. The summed E-state index contributed by atoms with van der Waals surface area (Å²) in [6.45, 7) is 6.44. The third-order valence-electron chi connectivity index (χ3n) is 10.5. The number of esters is 3. The van der Waals surface area contributed by atoms with Gasteiger partial charge in [-0.3, -0.25) is 14.4 Å². The van der Waals surface area contributed by atoms with E-state index in [9.17, 15) is 14.4 Å². The summed E-state index contributed by atoms with van der Waals surface area (Å²) in [6.07, 6.45) is 57.9. The highest BCUT2D eigenvalue weighted by Gasteiger charge is 2.19. The van der Waals surface area contributed by atoms with Crippen LogP contribution >= 0.6 is 0 Å². The monoisotopic (exact) mass is 825 g/mol. The van der Waals surface area contributed by atoms with Gasteiger partial charge in [0.15, 0.2) is 6.10 Å². The Morgan fingerprint density at radius 2 is 0.729 bits per heavy atom. The maximum atomic E-state index is 12.7. The van der Waals surface area contributed by atoms with E-state index in [4.69, 9.17) is 14.2 Å². The van der Waals surface area contributed by atoms with Gasteiger partial charge in [-0.2, -0.15) is 0 Å². The minimum absolute atomic E-state index is 0.0938. The van der Waals surface area contributed by atoms with Crippen molar-refractivity contribution < 1.29 is 28.6 Å². The van der Waals surface area contributed by atoms with Gasteiger partial charge < -0.3 is 14.2 Å². The molecule has 59 heavy (non-hydrogen) atoms. The molecule has 6 nitrogen and oxygen atoms in total. The van der Waals surface area contributed by atoms with Gasteiger partial charge in [-0.15, -0.1) is 0 Å². The summed E-state index contributed by atoms with van der Waals surface area (Å²) >= 11 is 0. The lowest BCUT2D eigenvalue weighted by Crippen LogP contribution is -2.30. The second kappa shape index (κ2) is 47.8. The van der Waals surface area contributed by atoms with Crippen molar-refractivity contribution in [3.63, 3.8) is 0 Å². The first-order valence-electron chi connectivity index (χ1n) is 24.8. The Morgan fingerprint density at radius 3 is 1.20 bits per heavy atom. The summed E-state index contributed by atoms with van der Waals surface area (Å²) in [5, 5.41) is 0. The fourth-order valence-electron chi connectivity index (χ4n) is 6.81. The maximum Gasteiger partial charge on any atom is 0.306 e. The molecule has 0 aliphatic heterocycles. The van der Waals surface area contributed by atoms with Crippen molar-refractivity contribution in [1.29, 1.82) is 0 Å². The van der Waals surface area contributed by atoms with Crippen molar-refractivity contribution in [2.75, 3.05) is 13.2 Å². The van der Waals surface area contributed by atoms with Crippen LogP contribution in [0.15, 0.2) is 60.8 Å². The van der Waals surface area contributed by atoms with E-state index >= 15 is 0 Å². The molecule has 0 amide bonds. The number of hydrogen-bond donors (Lipinski definition) is 0. The van der Waals surface area contributed by atoms with Crippen LogP contribution in [0, 0.1) is 0 Å². The van der Waals surface area contributed by atoms with E-state index in [1.165, 1.54) is 128 Å². The van der Waals surface area contributed by atoms with E-state index in [0.29, 0.717) is 19.3 Å². The van der Waals surface area contributed by atoms with Crippen LogP contribution in [0.1, 0.15) is 239 Å². The second-order valence-corrected chi connectivity index (χ2v) is 16.4. The van der Waals surface area contributed by atoms with Crippen molar-refractivity contribution in [1.82, 2.24) is 0 Å². The Bertz CT molecular complexity index is 1090. The van der Waals surface area contributed by atoms with E-state index < -0.39 is 6.10 Å². The maximum absolute atomic E-state index is 12.7. The van der Waals surface area contributed by atoms with Crippen molar-refractivity contribution in [3.8, 4) is 0 Å². The minimum Gasteiger partial charge on any atom is -0.462 e. The summed E-state index contributed by atoms with van der Waals surface area (Å²) in [6, 6.07) is 0. The number of ether oxygens (including phenoxy) is 3. The number of allylic oxidation sites excluding steroid dienone is 10. The fraction of sp³-hybridized carbons (Fsp3) is 0.755. The van der Waals surface area contributed by atoms with Crippen LogP contribution in [-0.2, 0) is 28.6 Å². The number of rotatable bonds is 44. The molecule has 0 N–H and O–H groups in total. The minimum atomic E-state index is -0.797. The van der Waals surface area contributed by atoms with Crippen molar-refractivity contribution in [2.45, 2.75) is 245 Å². The molecule has 0 saturated carbocycles. The van der Waals surface area contributed by atoms with Gasteiger partial charge in [-0.1, -0.05) is 210 Å². The lowest BCUT2D eigenvalue weighted by atomic mass is 10.1. The SMILES string of the molecule is CC/C=C\C/C=C\C/C=C\CCCC(=O)OC(COC(=O)CCCCCCCCCCCCC)COC(=O)CCCCCCCCCCCC/C=C\C=C/CCCCC. The summed E-state index contributed by atoms with van der Waals surface area (Å²) in [7, 11) is 0. The van der Waals surface area contributed by atoms with Crippen molar-refractivity contribution in [2.24, 2.45) is 0 Å². The Hall–Kier alpha value is -2.89. The Morgan fingerprint density at radius 1 is 0.373 bits per heavy atom. The Kier molecular flexibility index (Phi) is 45.4. The van der Waals surface area contributed by atoms with E-state index in [0.717, 1.165) is 64.2 Å². The van der Waals surface area contributed by atoms with E-state index in [1.807, 2.05) is 0 Å². The first kappa shape index (κ1) is 56.1. The Labute approximate surface area is 364 Å². The van der Waals surface area contributed by atoms with Crippen LogP contribution in [-0.4, -0.2) is 37.2 Å². The van der Waals surface area contributed by atoms with Crippen LogP contribution < -0.4 is 0 Å². The molecule has 0 aliphatic rings. The van der Waals surface area contributed by atoms with Crippen LogP contribution in [0.2, 0.25) is 0 Å². The lowest BCUT2D eigenvalue weighted by Gasteiger charge is -2.18. The van der Waals surface area contributed by atoms with Gasteiger partial charge in [0.1, 0.15) is 13.2 Å². The third-order valence-corrected chi connectivity index (χ3v) is 10.5. The van der Waals surface area contributed by atoms with Gasteiger partial charge in [0.2, 0.25) is 0 Å². The van der Waals surface area contributed by atoms with Gasteiger partial charge in [0.05, 0.1) is 0 Å². The van der Waals surface area contributed by atoms with Crippen LogP contribution in [0.4, 0.5) is 0 Å². The second-order valence-electron chi connectivity index (χ2n) is 16.4. The van der Waals surface area contributed by atoms with Crippen LogP contribution in [0.3, 0.4) is 0 Å². The zero-order chi connectivity index (χ0) is 43.0. The van der Waals surface area contributed by atoms with E-state index in [1.54, 1.807) is 0 Å². The smallest absolute Gasteiger partial charge is 0.306 e. The molecule has 0 bridgehead atoms. The molecule has 0 fully saturated rings. The highest BCUT2D eigenvalue weighted by Crippen LogP contribution is 2.15. The molecule has 0 spiro atoms. The zero-order valence-electron chi connectivity index (χ0n) is 38.8. The first-order valence-corrected chi connectivity index (χ1v) is 24.8. The number of carbonyl (C=O) groups excluding carboxylic acids is 3. The standard InChI is InChI=1S/C53H92O6/c1-4-7-10-13-16-19-22-23-24-25-26-27-28-29-32-34-37-40-43-46-52(55)58-49-50(59-53(56)47-44-41-38-35-31-21-18-15-12-9-6-3)48-57-51(54)45-42-39-36-33-30-20-17-14-11-8-5-2/h9,12,16,18-19,21-23,35,38,50H,4-8,10-11,13-15,17,20,24-34,36-37,39-49H2,1-3H3/b12-9-,19-16-,21-18-,23-22-,38-35-. The Balaban J connectivity index is 4.34. The number of unbranched alkanes of at least 4 members (excludes halogenated alkanes) is 24. The molecule has 0 heterocycles. The molecule has 0 aromatic heterocycles. The van der Waals surface area contributed by atoms with Gasteiger partial charge in [0, 0.05) is 19.3 Å². The fourth-order valence-corrected chi connectivity index (χ4v) is 6.81. The quantitative estimate of drug-likeness (QED) is 0.0200. The average molecular weight is 825 g/mol. The molecular weight excluding hydrogens is 733 g/mol. The molecule has 0 aromatic carbocycles. The topological polar surface area (TPSA) is 78.9 Å². The predicted molar refractivity (Wildman–Crippen MR) is 251 cm³/mol. The molecule has 6 heteroatoms. The van der Waals surface area contributed by atoms with Crippen molar-refractivity contribution in [3.05, 3.63) is 60.8 Å². The molecule has 0 radical (unpaired) electrons. The van der Waals surface area contributed by atoms with Gasteiger partial charge >= 0.3 is 17.9 Å². The zero-order valence-corrected chi connectivity index (χ0v) is 38.8. The van der Waals surface area contributed by atoms with Gasteiger partial charge in [0.25, 0.3) is 0 Å². The summed E-state index contributed by atoms with van der Waals surface area (Å²) in [5.74, 6) is -0.952. The summed E-state index contributed by atoms with van der Waals surface area (Å²) in [4.78, 5) is 37.8. The van der Waals surface area contributed by atoms with E-state index in [2.05, 4.69) is 81.5 Å². The normalized spacial score (nSPS) is 12.5. The largest absolute Gasteiger partial charge is 0.462 e. The molecule has 0 aromatic rings. The van der Waals surface area contributed by atoms with E-state index in [-0.39, 0.29) is 37.5 Å². The van der Waals surface area contributed by atoms with Gasteiger partial charge in [-0.05, 0) is 70.6 Å². The molecular formula is C53H92O6. The number of carbonyl (C=O) groups is 3. The highest BCUT2D eigenvalue weighted by atomic mass is 16.6. The van der Waals surface area contributed by atoms with Crippen molar-refractivity contribution >= 4 is 17.9 Å². The highest BCUT2D eigenvalue weighted by molar-refractivity contribution is 5.71. The molecule has 0 rings (SSSR count). The van der Waals surface area contributed by atoms with Gasteiger partial charge in [-0.25, -0.2) is 0 Å². The number of hydrogen-bond acceptors (Lipinski definition) is 6. The molecule has 340 valence electrons. The summed E-state index contributed by atoms with van der Waals surface area (Å²) in [5.41, 5.74) is 0.